The van der Waals surface area contributed by atoms with E-state index in [1.807, 2.05) is 0 Å². The molecule has 0 spiro atoms. The zero-order chi connectivity index (χ0) is 8.81. The van der Waals surface area contributed by atoms with Gasteiger partial charge in [0.1, 0.15) is 0 Å². The van der Waals surface area contributed by atoms with Crippen LogP contribution in [-0.4, -0.2) is 35.6 Å². The van der Waals surface area contributed by atoms with Gasteiger partial charge >= 0.3 is 0 Å². The van der Waals surface area contributed by atoms with Crippen molar-refractivity contribution in [3.05, 3.63) is 0 Å². The highest BCUT2D eigenvalue weighted by atomic mass is 16.6. The van der Waals surface area contributed by atoms with Crippen LogP contribution in [0.25, 0.3) is 0 Å². The second kappa shape index (κ2) is 5.51. The lowest BCUT2D eigenvalue weighted by Crippen LogP contribution is -2.11. The molecular formula is C9H18O3. The molecule has 2 atom stereocenters. The first-order valence-corrected chi connectivity index (χ1v) is 4.73. The number of hydrogen-bond acceptors (Lipinski definition) is 3. The molecule has 0 aromatic carbocycles. The summed E-state index contributed by atoms with van der Waals surface area (Å²) in [6.07, 6.45) is 5.24. The Morgan fingerprint density at radius 1 is 1.33 bits per heavy atom. The lowest BCUT2D eigenvalue weighted by atomic mass is 10.1. The van der Waals surface area contributed by atoms with Gasteiger partial charge in [0, 0.05) is 0 Å². The van der Waals surface area contributed by atoms with E-state index in [1.54, 1.807) is 0 Å². The first kappa shape index (κ1) is 9.96. The maximum atomic E-state index is 9.00. The van der Waals surface area contributed by atoms with E-state index in [4.69, 9.17) is 14.9 Å². The standard InChI is InChI=1S/C9H18O3/c10-6-8(11)4-2-1-3-5-9-7-12-9/h8-11H,1-7H2/t8-,9+/m0/s1. The van der Waals surface area contributed by atoms with Crippen LogP contribution in [-0.2, 0) is 4.74 Å². The molecule has 1 aliphatic rings. The Labute approximate surface area is 73.4 Å². The Bertz CT molecular complexity index is 112. The minimum absolute atomic E-state index is 0.105. The molecule has 0 radical (unpaired) electrons. The number of aliphatic hydroxyl groups excluding tert-OH is 2. The van der Waals surface area contributed by atoms with E-state index in [9.17, 15) is 0 Å². The highest BCUT2D eigenvalue weighted by Crippen LogP contribution is 2.17. The molecule has 0 saturated carbocycles. The van der Waals surface area contributed by atoms with E-state index in [1.165, 1.54) is 6.42 Å². The van der Waals surface area contributed by atoms with E-state index >= 15 is 0 Å². The van der Waals surface area contributed by atoms with Crippen molar-refractivity contribution in [2.75, 3.05) is 13.2 Å². The van der Waals surface area contributed by atoms with E-state index in [-0.39, 0.29) is 6.61 Å². The molecule has 0 aromatic rings. The Balaban J connectivity index is 1.75. The normalized spacial score (nSPS) is 24.0. The van der Waals surface area contributed by atoms with E-state index in [0.29, 0.717) is 6.10 Å². The van der Waals surface area contributed by atoms with E-state index in [0.717, 1.165) is 32.3 Å². The smallest absolute Gasteiger partial charge is 0.0810 e. The summed E-state index contributed by atoms with van der Waals surface area (Å²) in [5.41, 5.74) is 0. The first-order chi connectivity index (χ1) is 5.83. The first-order valence-electron chi connectivity index (χ1n) is 4.73. The maximum Gasteiger partial charge on any atom is 0.0810 e. The molecule has 3 nitrogen and oxygen atoms in total. The SMILES string of the molecule is OC[C@@H](O)CCCCC[C@@H]1CO1. The second-order valence-corrected chi connectivity index (χ2v) is 3.43. The van der Waals surface area contributed by atoms with Crippen LogP contribution in [0, 0.1) is 0 Å². The molecule has 1 heterocycles. The fourth-order valence-electron chi connectivity index (χ4n) is 1.25. The molecule has 72 valence electrons. The number of epoxide rings is 1. The molecule has 0 amide bonds. The van der Waals surface area contributed by atoms with Crippen molar-refractivity contribution >= 4 is 0 Å². The Morgan fingerprint density at radius 3 is 2.67 bits per heavy atom. The van der Waals surface area contributed by atoms with Crippen LogP contribution < -0.4 is 0 Å². The van der Waals surface area contributed by atoms with Crippen LogP contribution in [0.5, 0.6) is 0 Å². The van der Waals surface area contributed by atoms with Crippen molar-refractivity contribution in [3.8, 4) is 0 Å². The van der Waals surface area contributed by atoms with Crippen molar-refractivity contribution in [2.24, 2.45) is 0 Å². The minimum Gasteiger partial charge on any atom is -0.394 e. The molecule has 0 bridgehead atoms. The van der Waals surface area contributed by atoms with Crippen molar-refractivity contribution in [2.45, 2.75) is 44.3 Å². The Morgan fingerprint density at radius 2 is 2.08 bits per heavy atom. The Hall–Kier alpha value is -0.120. The summed E-state index contributed by atoms with van der Waals surface area (Å²) < 4.78 is 5.07. The maximum absolute atomic E-state index is 9.00. The van der Waals surface area contributed by atoms with Gasteiger partial charge in [-0.25, -0.2) is 0 Å². The predicted molar refractivity (Wildman–Crippen MR) is 45.9 cm³/mol. The van der Waals surface area contributed by atoms with Gasteiger partial charge in [0.05, 0.1) is 25.4 Å². The van der Waals surface area contributed by atoms with Gasteiger partial charge in [-0.3, -0.25) is 0 Å². The third kappa shape index (κ3) is 4.70. The van der Waals surface area contributed by atoms with Crippen LogP contribution in [0.2, 0.25) is 0 Å². The van der Waals surface area contributed by atoms with Gasteiger partial charge in [-0.15, -0.1) is 0 Å². The quantitative estimate of drug-likeness (QED) is 0.441. The zero-order valence-electron chi connectivity index (χ0n) is 7.41. The number of hydrogen-bond donors (Lipinski definition) is 2. The summed E-state index contributed by atoms with van der Waals surface area (Å²) in [4.78, 5) is 0. The van der Waals surface area contributed by atoms with Gasteiger partial charge in [-0.2, -0.15) is 0 Å². The van der Waals surface area contributed by atoms with Crippen molar-refractivity contribution < 1.29 is 14.9 Å². The number of aliphatic hydroxyl groups is 2. The van der Waals surface area contributed by atoms with Gasteiger partial charge in [0.15, 0.2) is 0 Å². The average Bonchev–Trinajstić information content (AvgIpc) is 2.87. The van der Waals surface area contributed by atoms with Gasteiger partial charge in [-0.05, 0) is 12.8 Å². The predicted octanol–water partition coefficient (Wildman–Crippen LogP) is 0.689. The summed E-state index contributed by atoms with van der Waals surface area (Å²) in [5, 5.41) is 17.5. The molecule has 0 aromatic heterocycles. The molecule has 3 heteroatoms. The molecule has 1 aliphatic heterocycles. The highest BCUT2D eigenvalue weighted by molar-refractivity contribution is 4.68. The van der Waals surface area contributed by atoms with Crippen LogP contribution >= 0.6 is 0 Å². The van der Waals surface area contributed by atoms with Crippen molar-refractivity contribution in [1.82, 2.24) is 0 Å². The van der Waals surface area contributed by atoms with Crippen LogP contribution in [0.1, 0.15) is 32.1 Å². The third-order valence-corrected chi connectivity index (χ3v) is 2.18. The zero-order valence-corrected chi connectivity index (χ0v) is 7.41. The lowest BCUT2D eigenvalue weighted by Gasteiger charge is -2.05. The van der Waals surface area contributed by atoms with Crippen LogP contribution in [0.4, 0.5) is 0 Å². The second-order valence-electron chi connectivity index (χ2n) is 3.43. The van der Waals surface area contributed by atoms with Crippen LogP contribution in [0.15, 0.2) is 0 Å². The molecule has 1 saturated heterocycles. The largest absolute Gasteiger partial charge is 0.394 e. The lowest BCUT2D eigenvalue weighted by molar-refractivity contribution is 0.0859. The summed E-state index contributed by atoms with van der Waals surface area (Å²) >= 11 is 0. The van der Waals surface area contributed by atoms with Crippen LogP contribution in [0.3, 0.4) is 0 Å². The minimum atomic E-state index is -0.512. The fraction of sp³-hybridized carbons (Fsp3) is 1.00. The van der Waals surface area contributed by atoms with E-state index < -0.39 is 6.10 Å². The fourth-order valence-corrected chi connectivity index (χ4v) is 1.25. The topological polar surface area (TPSA) is 53.0 Å². The Kier molecular flexibility index (Phi) is 4.58. The molecule has 1 rings (SSSR count). The third-order valence-electron chi connectivity index (χ3n) is 2.18. The van der Waals surface area contributed by atoms with Crippen molar-refractivity contribution in [3.63, 3.8) is 0 Å². The summed E-state index contributed by atoms with van der Waals surface area (Å²) in [6, 6.07) is 0. The molecule has 12 heavy (non-hydrogen) atoms. The monoisotopic (exact) mass is 174 g/mol. The van der Waals surface area contributed by atoms with Gasteiger partial charge in [0.25, 0.3) is 0 Å². The van der Waals surface area contributed by atoms with Gasteiger partial charge in [-0.1, -0.05) is 19.3 Å². The summed E-state index contributed by atoms with van der Waals surface area (Å²) in [5.74, 6) is 0. The highest BCUT2D eigenvalue weighted by Gasteiger charge is 2.20. The molecule has 0 unspecified atom stereocenters. The molecule has 0 aliphatic carbocycles. The summed E-state index contributed by atoms with van der Waals surface area (Å²) in [7, 11) is 0. The number of rotatable bonds is 7. The molecule has 1 fully saturated rings. The van der Waals surface area contributed by atoms with Gasteiger partial charge < -0.3 is 14.9 Å². The van der Waals surface area contributed by atoms with E-state index in [2.05, 4.69) is 0 Å². The number of unbranched alkanes of at least 4 members (excludes halogenated alkanes) is 2. The number of ether oxygens (including phenoxy) is 1. The average molecular weight is 174 g/mol. The van der Waals surface area contributed by atoms with Crippen molar-refractivity contribution in [1.29, 1.82) is 0 Å². The molecule has 2 N–H and O–H groups in total. The van der Waals surface area contributed by atoms with Gasteiger partial charge in [0.2, 0.25) is 0 Å². The summed E-state index contributed by atoms with van der Waals surface area (Å²) in [6.45, 7) is 0.838. The molecular weight excluding hydrogens is 156 g/mol.